The number of hydrogen-bond acceptors (Lipinski definition) is 15. The highest BCUT2D eigenvalue weighted by Gasteiger charge is 2.53. The van der Waals surface area contributed by atoms with E-state index in [-0.39, 0.29) is 56.1 Å². The molecule has 20 heteroatoms. The van der Waals surface area contributed by atoms with Crippen molar-refractivity contribution in [2.45, 2.75) is 54.5 Å². The Hall–Kier alpha value is -5.33. The molecule has 0 bridgehead atoms. The third kappa shape index (κ3) is 16.4. The molecule has 2 rings (SSSR count). The van der Waals surface area contributed by atoms with Gasteiger partial charge in [0.2, 0.25) is 5.91 Å². The molecule has 0 spiro atoms. The van der Waals surface area contributed by atoms with Gasteiger partial charge in [0.05, 0.1) is 50.5 Å². The smallest absolute Gasteiger partial charge is 0.350 e. The van der Waals surface area contributed by atoms with Crippen LogP contribution in [0.25, 0.3) is 0 Å². The van der Waals surface area contributed by atoms with Crippen molar-refractivity contribution in [2.75, 3.05) is 33.6 Å². The van der Waals surface area contributed by atoms with E-state index in [1.165, 1.54) is 32.9 Å². The average molecular weight is 723 g/mol. The van der Waals surface area contributed by atoms with Gasteiger partial charge in [0.15, 0.2) is 5.92 Å². The van der Waals surface area contributed by atoms with Gasteiger partial charge >= 0.3 is 23.9 Å². The highest BCUT2D eigenvalue weighted by Crippen LogP contribution is 2.25. The number of aromatic nitrogens is 2. The number of hydrogen-bond donors (Lipinski definition) is 1. The Kier molecular flexibility index (Phi) is 24.0. The van der Waals surface area contributed by atoms with Crippen molar-refractivity contribution in [3.63, 3.8) is 0 Å². The van der Waals surface area contributed by atoms with E-state index >= 15 is 0 Å². The fraction of sp³-hybridized carbons (Fsp3) is 0.483. The van der Waals surface area contributed by atoms with Crippen LogP contribution in [0.2, 0.25) is 5.15 Å². The number of alkyl halides is 1. The summed E-state index contributed by atoms with van der Waals surface area (Å²) in [7, 11) is -1.00. The van der Waals surface area contributed by atoms with E-state index in [9.17, 15) is 48.6 Å². The summed E-state index contributed by atoms with van der Waals surface area (Å²) in [4.78, 5) is 85.1. The number of esters is 4. The Balaban J connectivity index is -0.000000707. The minimum Gasteiger partial charge on any atom is -0.465 e. The second-order valence-electron chi connectivity index (χ2n) is 8.35. The molecule has 49 heavy (non-hydrogen) atoms. The van der Waals surface area contributed by atoms with Gasteiger partial charge in [-0.2, -0.15) is 0 Å². The zero-order chi connectivity index (χ0) is 38.2. The molecule has 0 radical (unpaired) electrons. The number of nitrogens with one attached hydrogen (secondary N) is 1. The summed E-state index contributed by atoms with van der Waals surface area (Å²) in [6.07, 6.45) is 1.98. The van der Waals surface area contributed by atoms with Gasteiger partial charge < -0.3 is 24.3 Å². The maximum Gasteiger partial charge on any atom is 0.350 e. The first-order chi connectivity index (χ1) is 23.0. The Labute approximate surface area is 288 Å². The lowest BCUT2D eigenvalue weighted by Crippen LogP contribution is -2.58. The van der Waals surface area contributed by atoms with Crippen LogP contribution in [0.3, 0.4) is 0 Å². The average Bonchev–Trinajstić information content (AvgIpc) is 3.04. The molecule has 0 aliphatic heterocycles. The lowest BCUT2D eigenvalue weighted by atomic mass is 9.94. The van der Waals surface area contributed by atoms with Crippen LogP contribution in [0.1, 0.15) is 56.0 Å². The summed E-state index contributed by atoms with van der Waals surface area (Å²) < 4.78 is 34.5. The molecule has 1 N–H and O–H groups in total. The van der Waals surface area contributed by atoms with E-state index < -0.39 is 58.2 Å². The highest BCUT2D eigenvalue weighted by molar-refractivity contribution is 6.29. The summed E-state index contributed by atoms with van der Waals surface area (Å²) in [5, 5.41) is 23.2. The van der Waals surface area contributed by atoms with Gasteiger partial charge in [-0.25, -0.2) is 14.6 Å². The molecule has 2 aromatic rings. The predicted octanol–water partition coefficient (Wildman–Crippen LogP) is 4.06. The Morgan fingerprint density at radius 2 is 1.24 bits per heavy atom. The van der Waals surface area contributed by atoms with Crippen LogP contribution in [0.4, 0.5) is 15.8 Å². The van der Waals surface area contributed by atoms with E-state index in [2.05, 4.69) is 24.8 Å². The molecule has 2 aromatic heterocycles. The number of carbonyl (C=O) groups is 5. The largest absolute Gasteiger partial charge is 0.465 e. The Bertz CT molecular complexity index is 1350. The van der Waals surface area contributed by atoms with Crippen LogP contribution in [0.5, 0.6) is 0 Å². The molecule has 0 aliphatic rings. The van der Waals surface area contributed by atoms with E-state index in [1.807, 2.05) is 0 Å². The summed E-state index contributed by atoms with van der Waals surface area (Å²) >= 11 is 5.38. The van der Waals surface area contributed by atoms with E-state index in [1.54, 1.807) is 13.8 Å². The SMILES string of the molecule is C.CCOC(=O)C(C)C(=O)OCC.CCOC(=O)C(NC(C)=O)(C(=O)OCC)c1ccc([N+](=O)[O-])cn1.O=[N+]([O-])c1ccc(Cl)nc1.[2H]CF. The van der Waals surface area contributed by atoms with Gasteiger partial charge in [0.1, 0.15) is 17.5 Å². The van der Waals surface area contributed by atoms with Gasteiger partial charge in [-0.3, -0.25) is 44.0 Å². The van der Waals surface area contributed by atoms with Crippen molar-refractivity contribution in [3.8, 4) is 0 Å². The molecule has 2 heterocycles. The van der Waals surface area contributed by atoms with Crippen molar-refractivity contribution in [1.82, 2.24) is 15.3 Å². The Morgan fingerprint density at radius 3 is 1.53 bits per heavy atom. The third-order valence-electron chi connectivity index (χ3n) is 5.07. The maximum atomic E-state index is 12.4. The minimum atomic E-state index is -2.34. The van der Waals surface area contributed by atoms with Crippen molar-refractivity contribution in [1.29, 1.82) is 0 Å². The first-order valence-electron chi connectivity index (χ1n) is 14.4. The molecule has 0 fully saturated rings. The molecule has 0 atom stereocenters. The number of amides is 1. The molecule has 0 aromatic carbocycles. The topological polar surface area (TPSA) is 246 Å². The summed E-state index contributed by atoms with van der Waals surface area (Å²) in [6, 6.07) is 4.81. The van der Waals surface area contributed by atoms with Crippen molar-refractivity contribution in [2.24, 2.45) is 5.92 Å². The van der Waals surface area contributed by atoms with E-state index in [0.29, 0.717) is 0 Å². The molecule has 1 amide bonds. The van der Waals surface area contributed by atoms with Crippen LogP contribution in [0.15, 0.2) is 36.7 Å². The molecule has 0 saturated carbocycles. The van der Waals surface area contributed by atoms with Crippen LogP contribution in [-0.2, 0) is 48.5 Å². The fourth-order valence-electron chi connectivity index (χ4n) is 3.02. The molecule has 0 aliphatic carbocycles. The standard InChI is InChI=1S/C14H17N3O7.C8H14O4.C5H3ClN2O2.CH3F.CH4/c1-4-23-12(19)14(16-9(3)18,13(20)24-5-2)11-7-6-10(8-15-11)17(21)22;1-4-11-7(9)6(3)8(10)12-5-2;6-5-2-1-4(3-7-5)8(9)10;1-2;/h6-8H,4-5H2,1-3H3,(H,16,18);6H,4-5H2,1-3H3;1-3H;1H3;1H4/i;;;1D;. The summed E-state index contributed by atoms with van der Waals surface area (Å²) in [5.74, 6) is -4.78. The first kappa shape index (κ1) is 45.8. The number of carbonyl (C=O) groups excluding carboxylic acids is 5. The van der Waals surface area contributed by atoms with Gasteiger partial charge in [-0.1, -0.05) is 19.0 Å². The number of ether oxygens (including phenoxy) is 4. The lowest BCUT2D eigenvalue weighted by molar-refractivity contribution is -0.385. The predicted molar refractivity (Wildman–Crippen MR) is 172 cm³/mol. The molecule has 0 saturated heterocycles. The zero-order valence-electron chi connectivity index (χ0n) is 27.9. The zero-order valence-corrected chi connectivity index (χ0v) is 27.7. The minimum absolute atomic E-state index is 0. The molecule has 274 valence electrons. The number of nitro groups is 2. The number of pyridine rings is 2. The second-order valence-corrected chi connectivity index (χ2v) is 8.74. The van der Waals surface area contributed by atoms with E-state index in [4.69, 9.17) is 22.4 Å². The second kappa shape index (κ2) is 25.7. The third-order valence-corrected chi connectivity index (χ3v) is 5.30. The summed E-state index contributed by atoms with van der Waals surface area (Å²) in [6.45, 7) is 9.42. The van der Waals surface area contributed by atoms with Gasteiger partial charge in [-0.05, 0) is 46.8 Å². The van der Waals surface area contributed by atoms with Crippen molar-refractivity contribution < 1.29 is 58.5 Å². The number of halogens is 2. The number of nitrogens with zero attached hydrogens (tertiary/aromatic N) is 4. The molecular weight excluding hydrogens is 681 g/mol. The quantitative estimate of drug-likeness (QED) is 0.0810. The van der Waals surface area contributed by atoms with Crippen molar-refractivity contribution >= 4 is 52.8 Å². The van der Waals surface area contributed by atoms with Crippen LogP contribution < -0.4 is 5.32 Å². The van der Waals surface area contributed by atoms with Crippen LogP contribution >= 0.6 is 11.6 Å². The van der Waals surface area contributed by atoms with E-state index in [0.717, 1.165) is 31.5 Å². The first-order valence-corrected chi connectivity index (χ1v) is 14.1. The monoisotopic (exact) mass is 722 g/mol. The van der Waals surface area contributed by atoms with Gasteiger partial charge in [0.25, 0.3) is 16.9 Å². The number of rotatable bonds is 12. The molecule has 18 nitrogen and oxygen atoms in total. The van der Waals surface area contributed by atoms with Gasteiger partial charge in [-0.15, -0.1) is 0 Å². The van der Waals surface area contributed by atoms with Gasteiger partial charge in [0, 0.05) is 19.1 Å². The van der Waals surface area contributed by atoms with Crippen LogP contribution in [-0.4, -0.2) is 83.2 Å². The van der Waals surface area contributed by atoms with Crippen molar-refractivity contribution in [3.05, 3.63) is 67.7 Å². The van der Waals surface area contributed by atoms with Crippen LogP contribution in [0, 0.1) is 26.1 Å². The molecular formula is C29H41ClFN5O13. The maximum absolute atomic E-state index is 12.4. The normalized spacial score (nSPS) is 9.86. The fourth-order valence-corrected chi connectivity index (χ4v) is 3.14. The summed E-state index contributed by atoms with van der Waals surface area (Å²) in [5.41, 5.74) is -2.99. The molecule has 0 unspecified atom stereocenters. The lowest BCUT2D eigenvalue weighted by Gasteiger charge is -2.28. The Morgan fingerprint density at radius 1 is 0.857 bits per heavy atom. The highest BCUT2D eigenvalue weighted by atomic mass is 35.5.